The molecule has 0 aromatic heterocycles. The lowest BCUT2D eigenvalue weighted by Gasteiger charge is -2.35. The normalized spacial score (nSPS) is 51.0. The Balaban J connectivity index is 2.29. The summed E-state index contributed by atoms with van der Waals surface area (Å²) in [5.41, 5.74) is 5.41. The average molecular weight is 119 g/mol. The number of rotatable bonds is 0. The minimum Gasteiger partial charge on any atom is -0.616 e. The molecule has 0 aromatic carbocycles. The number of nitrogens with two attached hydrogens (primary N) is 1. The molecule has 42 valence electrons. The predicted octanol–water partition coefficient (Wildman–Crippen LogP) is -0.534. The Kier molecular flexibility index (Phi) is 1.06. The molecular formula is C4H9NOS. The fourth-order valence-electron chi connectivity index (χ4n) is 0.693. The van der Waals surface area contributed by atoms with Gasteiger partial charge in [0.1, 0.15) is 17.0 Å². The standard InChI is InChI=1S/C4H9NOS/c1-4(5)2-7(6)3-4/h2-3,5H2,1H3/t4-,7+. The van der Waals surface area contributed by atoms with Crippen LogP contribution in [0.4, 0.5) is 0 Å². The van der Waals surface area contributed by atoms with Crippen LogP contribution < -0.4 is 5.73 Å². The first-order valence-corrected chi connectivity index (χ1v) is 3.73. The lowest BCUT2D eigenvalue weighted by atomic mass is 10.1. The van der Waals surface area contributed by atoms with Gasteiger partial charge in [0, 0.05) is 0 Å². The van der Waals surface area contributed by atoms with Crippen LogP contribution in [0.25, 0.3) is 0 Å². The molecule has 1 heterocycles. The fourth-order valence-corrected chi connectivity index (χ4v) is 2.08. The minimum absolute atomic E-state index is 0.106. The average Bonchev–Trinajstić information content (AvgIpc) is 1.27. The first kappa shape index (κ1) is 5.41. The highest BCUT2D eigenvalue weighted by molar-refractivity contribution is 7.93. The van der Waals surface area contributed by atoms with E-state index < -0.39 is 11.2 Å². The highest BCUT2D eigenvalue weighted by atomic mass is 32.2. The third-order valence-corrected chi connectivity index (χ3v) is 2.94. The Bertz CT molecular complexity index is 75.8. The zero-order valence-corrected chi connectivity index (χ0v) is 5.12. The summed E-state index contributed by atoms with van der Waals surface area (Å²) in [4.78, 5) is 0. The molecule has 2 nitrogen and oxygen atoms in total. The van der Waals surface area contributed by atoms with E-state index in [0.717, 1.165) is 0 Å². The summed E-state index contributed by atoms with van der Waals surface area (Å²) in [5.74, 6) is 1.38. The van der Waals surface area contributed by atoms with E-state index in [9.17, 15) is 4.55 Å². The van der Waals surface area contributed by atoms with Crippen molar-refractivity contribution in [2.75, 3.05) is 11.5 Å². The molecule has 0 unspecified atom stereocenters. The third kappa shape index (κ3) is 1.08. The zero-order chi connectivity index (χ0) is 5.49. The van der Waals surface area contributed by atoms with Crippen molar-refractivity contribution < 1.29 is 4.55 Å². The first-order chi connectivity index (χ1) is 3.10. The van der Waals surface area contributed by atoms with E-state index in [1.807, 2.05) is 6.92 Å². The molecule has 0 bridgehead atoms. The molecule has 1 saturated heterocycles. The minimum atomic E-state index is -0.586. The quantitative estimate of drug-likeness (QED) is 0.436. The topological polar surface area (TPSA) is 49.1 Å². The lowest BCUT2D eigenvalue weighted by molar-refractivity contribution is 0.488. The van der Waals surface area contributed by atoms with Crippen LogP contribution in [0.5, 0.6) is 0 Å². The summed E-state index contributed by atoms with van der Waals surface area (Å²) in [6, 6.07) is 0. The lowest BCUT2D eigenvalue weighted by Crippen LogP contribution is -2.59. The number of hydrogen-bond donors (Lipinski definition) is 1. The third-order valence-electron chi connectivity index (χ3n) is 0.981. The van der Waals surface area contributed by atoms with Gasteiger partial charge in [-0.1, -0.05) is 0 Å². The van der Waals surface area contributed by atoms with Crippen molar-refractivity contribution in [1.82, 2.24) is 0 Å². The van der Waals surface area contributed by atoms with Gasteiger partial charge in [0.2, 0.25) is 0 Å². The molecule has 3 heteroatoms. The predicted molar refractivity (Wildman–Crippen MR) is 30.5 cm³/mol. The van der Waals surface area contributed by atoms with E-state index >= 15 is 0 Å². The Hall–Kier alpha value is 0.270. The molecule has 1 aliphatic rings. The molecule has 1 rings (SSSR count). The van der Waals surface area contributed by atoms with Gasteiger partial charge in [-0.3, -0.25) is 0 Å². The molecule has 1 fully saturated rings. The number of hydrogen-bond acceptors (Lipinski definition) is 2. The van der Waals surface area contributed by atoms with Gasteiger partial charge in [0.25, 0.3) is 0 Å². The van der Waals surface area contributed by atoms with E-state index in [0.29, 0.717) is 11.5 Å². The maximum absolute atomic E-state index is 10.3. The van der Waals surface area contributed by atoms with Crippen molar-refractivity contribution in [3.63, 3.8) is 0 Å². The summed E-state index contributed by atoms with van der Waals surface area (Å²) in [7, 11) is 0. The van der Waals surface area contributed by atoms with Crippen LogP contribution in [0.3, 0.4) is 0 Å². The molecular weight excluding hydrogens is 110 g/mol. The van der Waals surface area contributed by atoms with Gasteiger partial charge in [0.15, 0.2) is 0 Å². The monoisotopic (exact) mass is 119 g/mol. The van der Waals surface area contributed by atoms with Crippen molar-refractivity contribution in [3.8, 4) is 0 Å². The smallest absolute Gasteiger partial charge is 0.127 e. The molecule has 0 aromatic rings. The van der Waals surface area contributed by atoms with Crippen molar-refractivity contribution >= 4 is 11.2 Å². The summed E-state index contributed by atoms with van der Waals surface area (Å²) in [5, 5.41) is 0. The van der Waals surface area contributed by atoms with E-state index in [2.05, 4.69) is 0 Å². The van der Waals surface area contributed by atoms with Gasteiger partial charge < -0.3 is 10.3 Å². The van der Waals surface area contributed by atoms with Crippen LogP contribution in [0.15, 0.2) is 0 Å². The maximum atomic E-state index is 10.3. The van der Waals surface area contributed by atoms with E-state index in [-0.39, 0.29) is 5.54 Å². The van der Waals surface area contributed by atoms with Gasteiger partial charge in [0.05, 0.1) is 0 Å². The Morgan fingerprint density at radius 3 is 2.14 bits per heavy atom. The Morgan fingerprint density at radius 2 is 2.14 bits per heavy atom. The molecule has 0 radical (unpaired) electrons. The van der Waals surface area contributed by atoms with Crippen LogP contribution in [0.2, 0.25) is 0 Å². The molecule has 2 N–H and O–H groups in total. The molecule has 0 atom stereocenters. The second kappa shape index (κ2) is 1.37. The molecule has 7 heavy (non-hydrogen) atoms. The van der Waals surface area contributed by atoms with Crippen molar-refractivity contribution in [2.24, 2.45) is 5.73 Å². The summed E-state index contributed by atoms with van der Waals surface area (Å²) >= 11 is -0.586. The van der Waals surface area contributed by atoms with E-state index in [1.165, 1.54) is 0 Å². The molecule has 0 saturated carbocycles. The highest BCUT2D eigenvalue weighted by Crippen LogP contribution is 2.18. The largest absolute Gasteiger partial charge is 0.616 e. The SMILES string of the molecule is C[C@]1(N)C[S@@+]([O-])C1. The highest BCUT2D eigenvalue weighted by Gasteiger charge is 2.40. The summed E-state index contributed by atoms with van der Waals surface area (Å²) in [6.07, 6.45) is 0. The van der Waals surface area contributed by atoms with Crippen LogP contribution in [0.1, 0.15) is 6.92 Å². The van der Waals surface area contributed by atoms with Gasteiger partial charge in [-0.2, -0.15) is 0 Å². The van der Waals surface area contributed by atoms with Crippen molar-refractivity contribution in [2.45, 2.75) is 12.5 Å². The first-order valence-electron chi connectivity index (χ1n) is 2.24. The second-order valence-corrected chi connectivity index (χ2v) is 3.84. The van der Waals surface area contributed by atoms with Crippen LogP contribution in [-0.4, -0.2) is 21.6 Å². The van der Waals surface area contributed by atoms with Gasteiger partial charge in [-0.15, -0.1) is 0 Å². The van der Waals surface area contributed by atoms with Crippen LogP contribution in [0, 0.1) is 0 Å². The Labute approximate surface area is 46.3 Å². The van der Waals surface area contributed by atoms with Gasteiger partial charge in [-0.05, 0) is 18.1 Å². The van der Waals surface area contributed by atoms with Crippen molar-refractivity contribution in [3.05, 3.63) is 0 Å². The van der Waals surface area contributed by atoms with Crippen LogP contribution in [-0.2, 0) is 11.2 Å². The van der Waals surface area contributed by atoms with Crippen molar-refractivity contribution in [1.29, 1.82) is 0 Å². The maximum Gasteiger partial charge on any atom is 0.127 e. The molecule has 0 amide bonds. The molecule has 0 aliphatic carbocycles. The summed E-state index contributed by atoms with van der Waals surface area (Å²) in [6.45, 7) is 1.92. The zero-order valence-electron chi connectivity index (χ0n) is 4.31. The van der Waals surface area contributed by atoms with E-state index in [4.69, 9.17) is 5.73 Å². The van der Waals surface area contributed by atoms with E-state index in [1.54, 1.807) is 0 Å². The molecule has 0 spiro atoms. The Morgan fingerprint density at radius 1 is 1.71 bits per heavy atom. The van der Waals surface area contributed by atoms with Crippen LogP contribution >= 0.6 is 0 Å². The second-order valence-electron chi connectivity index (χ2n) is 2.38. The fraction of sp³-hybridized carbons (Fsp3) is 1.00. The summed E-state index contributed by atoms with van der Waals surface area (Å²) < 4.78 is 10.3. The molecule has 1 aliphatic heterocycles. The van der Waals surface area contributed by atoms with Gasteiger partial charge in [-0.25, -0.2) is 0 Å². The van der Waals surface area contributed by atoms with Gasteiger partial charge >= 0.3 is 0 Å².